The molecule has 0 amide bonds. The van der Waals surface area contributed by atoms with E-state index in [1.165, 1.54) is 5.39 Å². The average Bonchev–Trinajstić information content (AvgIpc) is 2.50. The zero-order valence-electron chi connectivity index (χ0n) is 8.03. The fourth-order valence-corrected chi connectivity index (χ4v) is 1.32. The number of benzene rings is 1. The van der Waals surface area contributed by atoms with Gasteiger partial charge in [0.25, 0.3) is 0 Å². The molecular formula is C10H10BrMgNO. The quantitative estimate of drug-likeness (QED) is 0.484. The molecule has 2 aromatic rings. The number of aromatic nitrogens is 1. The van der Waals surface area contributed by atoms with Gasteiger partial charge in [-0.05, 0) is 6.20 Å². The first-order valence-corrected chi connectivity index (χ1v) is 3.86. The summed E-state index contributed by atoms with van der Waals surface area (Å²) >= 11 is 0. The fourth-order valence-electron chi connectivity index (χ4n) is 1.32. The molecule has 2 nitrogen and oxygen atoms in total. The Hall–Kier alpha value is -0.0338. The first-order chi connectivity index (χ1) is 5.92. The number of rotatable bonds is 2. The molecule has 0 unspecified atom stereocenters. The van der Waals surface area contributed by atoms with E-state index in [9.17, 15) is 0 Å². The van der Waals surface area contributed by atoms with Crippen molar-refractivity contribution in [2.45, 2.75) is 6.73 Å². The van der Waals surface area contributed by atoms with Gasteiger partial charge in [-0.2, -0.15) is 24.3 Å². The second-order valence-corrected chi connectivity index (χ2v) is 2.68. The van der Waals surface area contributed by atoms with Crippen LogP contribution in [0.1, 0.15) is 0 Å². The number of fused-ring (bicyclic) bond motifs is 1. The third kappa shape index (κ3) is 2.73. The molecule has 1 heterocycles. The van der Waals surface area contributed by atoms with Gasteiger partial charge in [0.2, 0.25) is 0 Å². The zero-order valence-corrected chi connectivity index (χ0v) is 11.0. The Morgan fingerprint density at radius 1 is 1.43 bits per heavy atom. The summed E-state index contributed by atoms with van der Waals surface area (Å²) in [7, 11) is 1.69. The van der Waals surface area contributed by atoms with E-state index in [1.54, 1.807) is 7.11 Å². The molecule has 2 rings (SSSR count). The Bertz CT molecular complexity index is 388. The van der Waals surface area contributed by atoms with Gasteiger partial charge in [-0.25, -0.2) is 0 Å². The number of hydrogen-bond acceptors (Lipinski definition) is 1. The van der Waals surface area contributed by atoms with Crippen LogP contribution < -0.4 is 17.0 Å². The second kappa shape index (κ2) is 6.45. The summed E-state index contributed by atoms with van der Waals surface area (Å²) in [4.78, 5) is 0. The van der Waals surface area contributed by atoms with Crippen LogP contribution >= 0.6 is 0 Å². The van der Waals surface area contributed by atoms with Gasteiger partial charge in [-0.15, -0.1) is 5.39 Å². The van der Waals surface area contributed by atoms with Gasteiger partial charge in [-0.1, -0.05) is 11.6 Å². The summed E-state index contributed by atoms with van der Waals surface area (Å²) in [5.41, 5.74) is 1.10. The van der Waals surface area contributed by atoms with Gasteiger partial charge in [0.05, 0.1) is 0 Å². The van der Waals surface area contributed by atoms with Gasteiger partial charge in [-0.3, -0.25) is 0 Å². The maximum Gasteiger partial charge on any atom is 2.00 e. The molecule has 0 radical (unpaired) electrons. The van der Waals surface area contributed by atoms with Crippen LogP contribution in [0.2, 0.25) is 0 Å². The zero-order chi connectivity index (χ0) is 8.39. The number of hydrogen-bond donors (Lipinski definition) is 0. The van der Waals surface area contributed by atoms with Gasteiger partial charge in [0.1, 0.15) is 6.73 Å². The van der Waals surface area contributed by atoms with Crippen LogP contribution in [0.5, 0.6) is 0 Å². The molecule has 0 fully saturated rings. The van der Waals surface area contributed by atoms with Crippen LogP contribution in [-0.2, 0) is 11.5 Å². The molecule has 0 atom stereocenters. The number of methoxy groups -OCH3 is 1. The van der Waals surface area contributed by atoms with E-state index < -0.39 is 0 Å². The third-order valence-corrected chi connectivity index (χ3v) is 1.85. The van der Waals surface area contributed by atoms with Crippen molar-refractivity contribution >= 4 is 34.0 Å². The molecule has 0 N–H and O–H groups in total. The van der Waals surface area contributed by atoms with Crippen molar-refractivity contribution in [1.29, 1.82) is 0 Å². The topological polar surface area (TPSA) is 14.2 Å². The summed E-state index contributed by atoms with van der Waals surface area (Å²) < 4.78 is 7.06. The van der Waals surface area contributed by atoms with E-state index in [0.29, 0.717) is 6.73 Å². The average molecular weight is 264 g/mol. The van der Waals surface area contributed by atoms with Crippen molar-refractivity contribution in [1.82, 2.24) is 4.57 Å². The molecule has 0 saturated heterocycles. The third-order valence-electron chi connectivity index (χ3n) is 1.85. The van der Waals surface area contributed by atoms with Crippen LogP contribution in [0.15, 0.2) is 30.5 Å². The van der Waals surface area contributed by atoms with Crippen LogP contribution in [0.3, 0.4) is 0 Å². The largest absolute Gasteiger partial charge is 2.00 e. The van der Waals surface area contributed by atoms with E-state index in [2.05, 4.69) is 18.2 Å². The maximum atomic E-state index is 5.04. The maximum absolute atomic E-state index is 5.04. The van der Waals surface area contributed by atoms with Gasteiger partial charge >= 0.3 is 23.1 Å². The molecule has 0 spiro atoms. The van der Waals surface area contributed by atoms with Crippen LogP contribution in [-0.4, -0.2) is 34.7 Å². The summed E-state index contributed by atoms with van der Waals surface area (Å²) in [6.07, 6.45) is 2.00. The summed E-state index contributed by atoms with van der Waals surface area (Å²) in [5, 5.41) is 1.20. The van der Waals surface area contributed by atoms with E-state index in [-0.39, 0.29) is 40.0 Å². The Morgan fingerprint density at radius 2 is 2.21 bits per heavy atom. The molecular weight excluding hydrogens is 254 g/mol. The van der Waals surface area contributed by atoms with E-state index in [1.807, 2.05) is 22.9 Å². The fraction of sp³-hybridized carbons (Fsp3) is 0.200. The first-order valence-electron chi connectivity index (χ1n) is 3.86. The van der Waals surface area contributed by atoms with Crippen molar-refractivity contribution in [3.63, 3.8) is 0 Å². The number of ether oxygens (including phenoxy) is 1. The minimum absolute atomic E-state index is 0. The molecule has 0 bridgehead atoms. The smallest absolute Gasteiger partial charge is 1.00 e. The molecule has 14 heavy (non-hydrogen) atoms. The molecule has 1 aromatic carbocycles. The predicted molar refractivity (Wildman–Crippen MR) is 53.5 cm³/mol. The van der Waals surface area contributed by atoms with E-state index in [0.717, 1.165) is 5.52 Å². The van der Waals surface area contributed by atoms with Crippen molar-refractivity contribution in [3.05, 3.63) is 36.5 Å². The van der Waals surface area contributed by atoms with Gasteiger partial charge in [0, 0.05) is 7.11 Å². The molecule has 70 valence electrons. The minimum atomic E-state index is 0. The molecule has 0 saturated carbocycles. The first kappa shape index (κ1) is 14.0. The van der Waals surface area contributed by atoms with Crippen molar-refractivity contribution < 1.29 is 21.7 Å². The number of para-hydroxylation sites is 1. The van der Waals surface area contributed by atoms with Gasteiger partial charge < -0.3 is 26.3 Å². The predicted octanol–water partition coefficient (Wildman–Crippen LogP) is -1.33. The molecule has 0 aliphatic rings. The van der Waals surface area contributed by atoms with Crippen molar-refractivity contribution in [2.24, 2.45) is 0 Å². The normalized spacial score (nSPS) is 9.21. The molecule has 4 heteroatoms. The Kier molecular flexibility index (Phi) is 6.43. The summed E-state index contributed by atoms with van der Waals surface area (Å²) in [6.45, 7) is 0.587. The number of halogens is 1. The Labute approximate surface area is 110 Å². The van der Waals surface area contributed by atoms with Crippen molar-refractivity contribution in [3.8, 4) is 0 Å². The Morgan fingerprint density at radius 3 is 2.93 bits per heavy atom. The second-order valence-electron chi connectivity index (χ2n) is 2.68. The number of nitrogens with zero attached hydrogens (tertiary/aromatic N) is 1. The van der Waals surface area contributed by atoms with E-state index in [4.69, 9.17) is 4.74 Å². The molecule has 0 aliphatic carbocycles. The molecule has 0 aliphatic heterocycles. The monoisotopic (exact) mass is 263 g/mol. The standard InChI is InChI=1S/C10H10NO.BrH.Mg/c1-12-8-11-7-6-9-4-2-3-5-10(9)11;;/h2-4,6-7H,8H2,1H3;1H;/q-1;;+2/p-1. The summed E-state index contributed by atoms with van der Waals surface area (Å²) in [5.74, 6) is 0. The summed E-state index contributed by atoms with van der Waals surface area (Å²) in [6, 6.07) is 11.2. The Balaban J connectivity index is 0.000000845. The molecule has 1 aromatic heterocycles. The van der Waals surface area contributed by atoms with Crippen LogP contribution in [0.25, 0.3) is 10.9 Å². The van der Waals surface area contributed by atoms with Crippen LogP contribution in [0.4, 0.5) is 0 Å². The van der Waals surface area contributed by atoms with E-state index >= 15 is 0 Å². The SMILES string of the molecule is COCn1ccc2ccc[c-]c21.[Br-].[Mg+2]. The van der Waals surface area contributed by atoms with Crippen molar-refractivity contribution in [2.75, 3.05) is 7.11 Å². The van der Waals surface area contributed by atoms with Crippen LogP contribution in [0, 0.1) is 6.07 Å². The minimum Gasteiger partial charge on any atom is -1.00 e. The van der Waals surface area contributed by atoms with Gasteiger partial charge in [0.15, 0.2) is 0 Å².